The molecule has 2 aliphatic heterocycles. The molecule has 0 spiro atoms. The molecule has 160 valence electrons. The number of anilines is 1. The monoisotopic (exact) mass is 409 g/mol. The van der Waals surface area contributed by atoms with Crippen LogP contribution in [-0.4, -0.2) is 55.2 Å². The van der Waals surface area contributed by atoms with Crippen LogP contribution in [0, 0.1) is 0 Å². The third-order valence-corrected chi connectivity index (χ3v) is 5.94. The third-order valence-electron chi connectivity index (χ3n) is 5.94. The molecule has 0 aliphatic carbocycles. The Morgan fingerprint density at radius 1 is 0.933 bits per heavy atom. The van der Waals surface area contributed by atoms with Gasteiger partial charge < -0.3 is 14.8 Å². The van der Waals surface area contributed by atoms with Gasteiger partial charge in [-0.1, -0.05) is 38.1 Å². The maximum absolute atomic E-state index is 12.7. The Kier molecular flexibility index (Phi) is 6.55. The predicted molar refractivity (Wildman–Crippen MR) is 118 cm³/mol. The third kappa shape index (κ3) is 4.77. The van der Waals surface area contributed by atoms with E-state index in [1.165, 1.54) is 16.7 Å². The van der Waals surface area contributed by atoms with Crippen molar-refractivity contribution < 1.29 is 14.3 Å². The van der Waals surface area contributed by atoms with E-state index in [1.54, 1.807) is 0 Å². The summed E-state index contributed by atoms with van der Waals surface area (Å²) in [6.45, 7) is 9.60. The summed E-state index contributed by atoms with van der Waals surface area (Å²) in [5, 5.41) is 3.18. The van der Waals surface area contributed by atoms with E-state index in [4.69, 9.17) is 9.47 Å². The number of carbonyl (C=O) groups is 1. The molecule has 2 heterocycles. The summed E-state index contributed by atoms with van der Waals surface area (Å²) >= 11 is 0. The normalized spacial score (nSPS) is 16.6. The number of carbonyl (C=O) groups excluding carboxylic acids is 1. The predicted octanol–water partition coefficient (Wildman–Crippen LogP) is 3.30. The van der Waals surface area contributed by atoms with E-state index in [-0.39, 0.29) is 5.91 Å². The molecule has 1 saturated heterocycles. The van der Waals surface area contributed by atoms with Crippen molar-refractivity contribution in [3.05, 3.63) is 53.1 Å². The summed E-state index contributed by atoms with van der Waals surface area (Å²) in [5.41, 5.74) is 4.65. The second-order valence-electron chi connectivity index (χ2n) is 7.95. The van der Waals surface area contributed by atoms with Crippen LogP contribution in [0.1, 0.15) is 30.5 Å². The van der Waals surface area contributed by atoms with Crippen LogP contribution in [0.3, 0.4) is 0 Å². The molecule has 1 N–H and O–H groups in total. The van der Waals surface area contributed by atoms with E-state index in [1.807, 2.05) is 6.07 Å². The maximum atomic E-state index is 12.7. The summed E-state index contributed by atoms with van der Waals surface area (Å²) in [6.07, 6.45) is 1.84. The van der Waals surface area contributed by atoms with Gasteiger partial charge in [-0.3, -0.25) is 14.6 Å². The number of rotatable bonds is 7. The second-order valence-corrected chi connectivity index (χ2v) is 7.95. The van der Waals surface area contributed by atoms with Gasteiger partial charge in [0.1, 0.15) is 0 Å². The fourth-order valence-corrected chi connectivity index (χ4v) is 4.19. The lowest BCUT2D eigenvalue weighted by molar-refractivity contribution is -0.117. The first-order valence-electron chi connectivity index (χ1n) is 10.9. The van der Waals surface area contributed by atoms with E-state index in [9.17, 15) is 4.79 Å². The Labute approximate surface area is 178 Å². The lowest BCUT2D eigenvalue weighted by atomic mass is 10.0. The van der Waals surface area contributed by atoms with Gasteiger partial charge in [-0.25, -0.2) is 0 Å². The Balaban J connectivity index is 1.27. The van der Waals surface area contributed by atoms with Crippen molar-refractivity contribution in [3.63, 3.8) is 0 Å². The minimum atomic E-state index is 0.0785. The molecule has 1 amide bonds. The number of fused-ring (bicyclic) bond motifs is 1. The average Bonchev–Trinajstić information content (AvgIpc) is 3.23. The van der Waals surface area contributed by atoms with E-state index in [0.29, 0.717) is 13.3 Å². The van der Waals surface area contributed by atoms with E-state index < -0.39 is 0 Å². The Bertz CT molecular complexity index is 869. The number of benzene rings is 2. The minimum Gasteiger partial charge on any atom is -0.454 e. The molecule has 0 saturated carbocycles. The highest BCUT2D eigenvalue weighted by Gasteiger charge is 2.21. The van der Waals surface area contributed by atoms with Crippen LogP contribution >= 0.6 is 0 Å². The smallest absolute Gasteiger partial charge is 0.238 e. The van der Waals surface area contributed by atoms with Gasteiger partial charge in [-0.05, 0) is 41.7 Å². The van der Waals surface area contributed by atoms with Crippen LogP contribution in [0.5, 0.6) is 11.5 Å². The van der Waals surface area contributed by atoms with Crippen LogP contribution in [0.2, 0.25) is 0 Å². The minimum absolute atomic E-state index is 0.0785. The Hall–Kier alpha value is -2.57. The van der Waals surface area contributed by atoms with Crippen molar-refractivity contribution in [2.45, 2.75) is 33.2 Å². The molecule has 0 aromatic heterocycles. The molecule has 2 aromatic rings. The van der Waals surface area contributed by atoms with Gasteiger partial charge in [0, 0.05) is 38.4 Å². The number of nitrogens with zero attached hydrogens (tertiary/aromatic N) is 2. The number of ether oxygens (including phenoxy) is 2. The molecular weight excluding hydrogens is 378 g/mol. The second kappa shape index (κ2) is 9.49. The topological polar surface area (TPSA) is 54.0 Å². The highest BCUT2D eigenvalue weighted by molar-refractivity contribution is 5.93. The first-order chi connectivity index (χ1) is 14.7. The van der Waals surface area contributed by atoms with Crippen LogP contribution in [-0.2, 0) is 24.2 Å². The van der Waals surface area contributed by atoms with Crippen molar-refractivity contribution in [2.24, 2.45) is 0 Å². The molecule has 6 heteroatoms. The van der Waals surface area contributed by atoms with Gasteiger partial charge in [0.25, 0.3) is 0 Å². The average molecular weight is 410 g/mol. The number of hydrogen-bond acceptors (Lipinski definition) is 5. The molecule has 1 fully saturated rings. The van der Waals surface area contributed by atoms with Crippen LogP contribution in [0.25, 0.3) is 0 Å². The zero-order valence-electron chi connectivity index (χ0n) is 17.9. The summed E-state index contributed by atoms with van der Waals surface area (Å²) in [7, 11) is 0. The maximum Gasteiger partial charge on any atom is 0.238 e. The lowest BCUT2D eigenvalue weighted by Crippen LogP contribution is -2.48. The molecule has 0 bridgehead atoms. The fourth-order valence-electron chi connectivity index (χ4n) is 4.19. The van der Waals surface area contributed by atoms with Gasteiger partial charge in [-0.15, -0.1) is 0 Å². The summed E-state index contributed by atoms with van der Waals surface area (Å²) < 4.78 is 10.9. The zero-order valence-corrected chi connectivity index (χ0v) is 17.9. The number of amides is 1. The first kappa shape index (κ1) is 20.7. The van der Waals surface area contributed by atoms with Crippen molar-refractivity contribution in [1.29, 1.82) is 0 Å². The van der Waals surface area contributed by atoms with Gasteiger partial charge in [-0.2, -0.15) is 0 Å². The van der Waals surface area contributed by atoms with E-state index >= 15 is 0 Å². The Morgan fingerprint density at radius 2 is 1.60 bits per heavy atom. The van der Waals surface area contributed by atoms with Gasteiger partial charge in [0.05, 0.1) is 6.54 Å². The van der Waals surface area contributed by atoms with Crippen LogP contribution in [0.4, 0.5) is 5.69 Å². The standard InChI is InChI=1S/C24H31N3O3/c1-3-19-6-5-7-20(4-2)24(19)25-23(28)16-27-12-10-26(11-13-27)15-18-8-9-21-22(14-18)30-17-29-21/h5-9,14H,3-4,10-13,15-17H2,1-2H3,(H,25,28). The molecule has 4 rings (SSSR count). The van der Waals surface area contributed by atoms with E-state index in [2.05, 4.69) is 59.3 Å². The van der Waals surface area contributed by atoms with Gasteiger partial charge in [0.2, 0.25) is 12.7 Å². The largest absolute Gasteiger partial charge is 0.454 e. The van der Waals surface area contributed by atoms with Crippen molar-refractivity contribution >= 4 is 11.6 Å². The zero-order chi connectivity index (χ0) is 20.9. The highest BCUT2D eigenvalue weighted by Crippen LogP contribution is 2.32. The summed E-state index contributed by atoms with van der Waals surface area (Å²) in [5.74, 6) is 1.74. The Morgan fingerprint density at radius 3 is 2.30 bits per heavy atom. The van der Waals surface area contributed by atoms with E-state index in [0.717, 1.165) is 62.8 Å². The van der Waals surface area contributed by atoms with Crippen molar-refractivity contribution in [1.82, 2.24) is 9.80 Å². The van der Waals surface area contributed by atoms with Crippen molar-refractivity contribution in [2.75, 3.05) is 44.8 Å². The SMILES string of the molecule is CCc1cccc(CC)c1NC(=O)CN1CCN(Cc2ccc3c(c2)OCO3)CC1. The molecule has 2 aromatic carbocycles. The quantitative estimate of drug-likeness (QED) is 0.761. The molecule has 0 unspecified atom stereocenters. The molecule has 6 nitrogen and oxygen atoms in total. The van der Waals surface area contributed by atoms with Gasteiger partial charge in [0.15, 0.2) is 11.5 Å². The first-order valence-corrected chi connectivity index (χ1v) is 10.9. The molecule has 30 heavy (non-hydrogen) atoms. The lowest BCUT2D eigenvalue weighted by Gasteiger charge is -2.34. The molecule has 0 radical (unpaired) electrons. The van der Waals surface area contributed by atoms with Gasteiger partial charge >= 0.3 is 0 Å². The molecule has 0 atom stereocenters. The number of para-hydroxylation sites is 1. The number of aryl methyl sites for hydroxylation is 2. The van der Waals surface area contributed by atoms with Crippen LogP contribution in [0.15, 0.2) is 36.4 Å². The highest BCUT2D eigenvalue weighted by atomic mass is 16.7. The summed E-state index contributed by atoms with van der Waals surface area (Å²) in [4.78, 5) is 17.4. The number of hydrogen-bond donors (Lipinski definition) is 1. The summed E-state index contributed by atoms with van der Waals surface area (Å²) in [6, 6.07) is 12.4. The van der Waals surface area contributed by atoms with Crippen molar-refractivity contribution in [3.8, 4) is 11.5 Å². The molecule has 2 aliphatic rings. The fraction of sp³-hybridized carbons (Fsp3) is 0.458. The number of nitrogens with one attached hydrogen (secondary N) is 1. The molecular formula is C24H31N3O3. The number of piperazine rings is 1. The van der Waals surface area contributed by atoms with Crippen LogP contribution < -0.4 is 14.8 Å².